The molecule has 1 aliphatic carbocycles. The maximum Gasteiger partial charge on any atom is 0.211 e. The predicted octanol–water partition coefficient (Wildman–Crippen LogP) is 0.925. The minimum Gasteiger partial charge on any atom is -0.369 e. The largest absolute Gasteiger partial charge is 0.369 e. The van der Waals surface area contributed by atoms with E-state index in [1.165, 1.54) is 5.56 Å². The van der Waals surface area contributed by atoms with Gasteiger partial charge in [-0.25, -0.2) is 9.20 Å². The van der Waals surface area contributed by atoms with Crippen LogP contribution in [-0.2, 0) is 22.2 Å². The molecule has 1 aliphatic heterocycles. The Bertz CT molecular complexity index is 631. The van der Waals surface area contributed by atoms with Crippen molar-refractivity contribution in [2.75, 3.05) is 12.4 Å². The van der Waals surface area contributed by atoms with Crippen molar-refractivity contribution in [1.82, 2.24) is 4.31 Å². The summed E-state index contributed by atoms with van der Waals surface area (Å²) in [6.07, 6.45) is 3.41. The van der Waals surface area contributed by atoms with Crippen LogP contribution in [0.3, 0.4) is 0 Å². The molecule has 3 rings (SSSR count). The van der Waals surface area contributed by atoms with E-state index in [1.807, 2.05) is 18.2 Å². The molecule has 3 unspecified atom stereocenters. The van der Waals surface area contributed by atoms with E-state index in [1.54, 1.807) is 11.4 Å². The Kier molecular flexibility index (Phi) is 3.67. The summed E-state index contributed by atoms with van der Waals surface area (Å²) in [5, 5.41) is 2.60. The number of carbonyl (C=O) groups is 1. The first-order valence-electron chi connectivity index (χ1n) is 6.92. The number of benzene rings is 1. The third-order valence-electron chi connectivity index (χ3n) is 4.10. The quantitative estimate of drug-likeness (QED) is 0.797. The molecule has 112 valence electrons. The number of rotatable bonds is 2. The molecule has 7 heteroatoms. The molecule has 2 aliphatic rings. The van der Waals surface area contributed by atoms with Gasteiger partial charge in [0.1, 0.15) is 11.0 Å². The van der Waals surface area contributed by atoms with Crippen LogP contribution in [0.4, 0.5) is 5.69 Å². The number of amides is 1. The number of nitrogens with two attached hydrogens (primary N) is 1. The molecular formula is C14H18N4O2S. The van der Waals surface area contributed by atoms with Gasteiger partial charge in [-0.1, -0.05) is 6.07 Å². The Morgan fingerprint density at radius 2 is 2.33 bits per heavy atom. The summed E-state index contributed by atoms with van der Waals surface area (Å²) in [7, 11) is 0.537. The standard InChI is InChI=1S/C14H18N4O2S/c1-18-14(15)17-13-11-7-10(16-8-19)6-5-9(11)3-2-4-12(13)21(18)20/h5-8,12-13H,2-4H2,1H3,(H2,15,17)(H,16,19). The zero-order valence-electron chi connectivity index (χ0n) is 11.8. The molecule has 3 atom stereocenters. The first-order valence-corrected chi connectivity index (χ1v) is 8.09. The Hall–Kier alpha value is -1.89. The van der Waals surface area contributed by atoms with Crippen molar-refractivity contribution in [2.24, 2.45) is 10.7 Å². The van der Waals surface area contributed by atoms with Crippen molar-refractivity contribution in [3.8, 4) is 0 Å². The molecule has 1 amide bonds. The fraction of sp³-hybridized carbons (Fsp3) is 0.429. The summed E-state index contributed by atoms with van der Waals surface area (Å²) in [4.78, 5) is 15.2. The number of aliphatic imine (C=N–C) groups is 1. The van der Waals surface area contributed by atoms with Crippen LogP contribution in [0.25, 0.3) is 0 Å². The van der Waals surface area contributed by atoms with Crippen LogP contribution in [0.5, 0.6) is 0 Å². The van der Waals surface area contributed by atoms with Gasteiger partial charge in [0.25, 0.3) is 0 Å². The lowest BCUT2D eigenvalue weighted by Crippen LogP contribution is -2.46. The molecule has 6 nitrogen and oxygen atoms in total. The van der Waals surface area contributed by atoms with Crippen LogP contribution in [0.15, 0.2) is 23.2 Å². The van der Waals surface area contributed by atoms with E-state index >= 15 is 0 Å². The first kappa shape index (κ1) is 14.1. The summed E-state index contributed by atoms with van der Waals surface area (Å²) in [5.41, 5.74) is 8.83. The highest BCUT2D eigenvalue weighted by atomic mass is 32.2. The van der Waals surface area contributed by atoms with Gasteiger partial charge in [0.2, 0.25) is 12.4 Å². The number of guanidine groups is 1. The highest BCUT2D eigenvalue weighted by Gasteiger charge is 2.38. The Balaban J connectivity index is 2.10. The second kappa shape index (κ2) is 5.48. The van der Waals surface area contributed by atoms with E-state index in [0.717, 1.165) is 30.5 Å². The number of hydrogen-bond donors (Lipinski definition) is 2. The fourth-order valence-corrected chi connectivity index (χ4v) is 4.42. The van der Waals surface area contributed by atoms with Crippen LogP contribution in [0.2, 0.25) is 0 Å². The van der Waals surface area contributed by atoms with Gasteiger partial charge in [-0.3, -0.25) is 9.10 Å². The van der Waals surface area contributed by atoms with Gasteiger partial charge in [0.15, 0.2) is 0 Å². The number of nitrogens with zero attached hydrogens (tertiary/aromatic N) is 2. The predicted molar refractivity (Wildman–Crippen MR) is 83.1 cm³/mol. The number of carbonyl (C=O) groups excluding carboxylic acids is 1. The summed E-state index contributed by atoms with van der Waals surface area (Å²) in [5.74, 6) is 0.302. The van der Waals surface area contributed by atoms with Crippen LogP contribution < -0.4 is 11.1 Å². The van der Waals surface area contributed by atoms with E-state index in [-0.39, 0.29) is 11.3 Å². The monoisotopic (exact) mass is 306 g/mol. The van der Waals surface area contributed by atoms with Gasteiger partial charge in [0.05, 0.1) is 11.3 Å². The highest BCUT2D eigenvalue weighted by molar-refractivity contribution is 7.84. The van der Waals surface area contributed by atoms with Gasteiger partial charge in [-0.05, 0) is 42.5 Å². The Labute approximate surface area is 126 Å². The Morgan fingerprint density at radius 1 is 1.52 bits per heavy atom. The van der Waals surface area contributed by atoms with Gasteiger partial charge >= 0.3 is 0 Å². The van der Waals surface area contributed by atoms with Gasteiger partial charge in [0, 0.05) is 12.7 Å². The average Bonchev–Trinajstić information content (AvgIpc) is 2.65. The number of fused-ring (bicyclic) bond motifs is 3. The summed E-state index contributed by atoms with van der Waals surface area (Å²) < 4.78 is 14.1. The van der Waals surface area contributed by atoms with E-state index in [0.29, 0.717) is 12.4 Å². The van der Waals surface area contributed by atoms with Gasteiger partial charge < -0.3 is 11.1 Å². The molecular weight excluding hydrogens is 288 g/mol. The number of aryl methyl sites for hydroxylation is 1. The number of hydrogen-bond acceptors (Lipinski definition) is 4. The second-order valence-corrected chi connectivity index (χ2v) is 7.02. The summed E-state index contributed by atoms with van der Waals surface area (Å²) in [6, 6.07) is 5.61. The molecule has 0 bridgehead atoms. The first-order chi connectivity index (χ1) is 10.1. The van der Waals surface area contributed by atoms with Crippen LogP contribution in [-0.4, -0.2) is 33.2 Å². The molecule has 3 N–H and O–H groups in total. The molecule has 0 radical (unpaired) electrons. The molecule has 1 aromatic rings. The normalized spacial score (nSPS) is 28.0. The molecule has 0 saturated carbocycles. The molecule has 1 aromatic carbocycles. The third kappa shape index (κ3) is 2.42. The topological polar surface area (TPSA) is 87.8 Å². The molecule has 0 saturated heterocycles. The minimum absolute atomic E-state index is 0.0602. The fourth-order valence-electron chi connectivity index (χ4n) is 2.99. The minimum atomic E-state index is -1.17. The van der Waals surface area contributed by atoms with E-state index in [2.05, 4.69) is 10.3 Å². The highest BCUT2D eigenvalue weighted by Crippen LogP contribution is 2.38. The zero-order valence-corrected chi connectivity index (χ0v) is 12.6. The van der Waals surface area contributed by atoms with E-state index < -0.39 is 11.0 Å². The number of nitrogens with one attached hydrogen (secondary N) is 1. The van der Waals surface area contributed by atoms with Crippen molar-refractivity contribution in [1.29, 1.82) is 0 Å². The zero-order chi connectivity index (χ0) is 15.0. The van der Waals surface area contributed by atoms with Crippen LogP contribution in [0.1, 0.15) is 30.0 Å². The van der Waals surface area contributed by atoms with Crippen molar-refractivity contribution >= 4 is 29.0 Å². The van der Waals surface area contributed by atoms with Crippen molar-refractivity contribution in [3.63, 3.8) is 0 Å². The maximum absolute atomic E-state index is 12.5. The van der Waals surface area contributed by atoms with Crippen LogP contribution >= 0.6 is 0 Å². The molecule has 21 heavy (non-hydrogen) atoms. The van der Waals surface area contributed by atoms with E-state index in [4.69, 9.17) is 5.73 Å². The SMILES string of the molecule is CN1C(N)=NC2c3cc(NC=O)ccc3CCCC2S1=O. The van der Waals surface area contributed by atoms with Crippen LogP contribution in [0, 0.1) is 0 Å². The molecule has 0 fully saturated rings. The second-order valence-electron chi connectivity index (χ2n) is 5.31. The molecule has 0 spiro atoms. The molecule has 0 aromatic heterocycles. The lowest BCUT2D eigenvalue weighted by atomic mass is 9.98. The number of anilines is 1. The maximum atomic E-state index is 12.5. The van der Waals surface area contributed by atoms with Crippen molar-refractivity contribution < 1.29 is 9.00 Å². The van der Waals surface area contributed by atoms with Crippen molar-refractivity contribution in [3.05, 3.63) is 29.3 Å². The third-order valence-corrected chi connectivity index (χ3v) is 5.84. The lowest BCUT2D eigenvalue weighted by Gasteiger charge is -2.33. The Morgan fingerprint density at radius 3 is 3.10 bits per heavy atom. The average molecular weight is 306 g/mol. The lowest BCUT2D eigenvalue weighted by molar-refractivity contribution is -0.105. The smallest absolute Gasteiger partial charge is 0.211 e. The van der Waals surface area contributed by atoms with Gasteiger partial charge in [-0.15, -0.1) is 0 Å². The summed E-state index contributed by atoms with van der Waals surface area (Å²) in [6.45, 7) is 0. The molecule has 1 heterocycles. The van der Waals surface area contributed by atoms with Crippen molar-refractivity contribution in [2.45, 2.75) is 30.6 Å². The van der Waals surface area contributed by atoms with Gasteiger partial charge in [-0.2, -0.15) is 0 Å². The summed E-state index contributed by atoms with van der Waals surface area (Å²) >= 11 is 0. The van der Waals surface area contributed by atoms with E-state index in [9.17, 15) is 9.00 Å².